The van der Waals surface area contributed by atoms with Crippen LogP contribution in [0.15, 0.2) is 17.0 Å². The van der Waals surface area contributed by atoms with E-state index in [0.29, 0.717) is 6.07 Å². The number of hydrogen-bond donors (Lipinski definition) is 0. The van der Waals surface area contributed by atoms with Crippen LogP contribution < -0.4 is 4.74 Å². The van der Waals surface area contributed by atoms with Crippen molar-refractivity contribution in [3.05, 3.63) is 27.8 Å². The highest BCUT2D eigenvalue weighted by Gasteiger charge is 2.24. The molecule has 1 aromatic carbocycles. The van der Waals surface area contributed by atoms with E-state index < -0.39 is 43.3 Å². The summed E-state index contributed by atoms with van der Waals surface area (Å²) in [6, 6.07) is 1.67. The van der Waals surface area contributed by atoms with Gasteiger partial charge in [0, 0.05) is 22.8 Å². The first-order valence-corrected chi connectivity index (χ1v) is 7.08. The SMILES string of the molecule is Cc1cc([N+](=O)[O-])cc(S(=O)(=O)Cl)c1OCC(F)F. The normalized spacial score (nSPS) is 11.6. The minimum absolute atomic E-state index is 0.0223. The predicted molar refractivity (Wildman–Crippen MR) is 62.4 cm³/mol. The smallest absolute Gasteiger partial charge is 0.272 e. The quantitative estimate of drug-likeness (QED) is 0.473. The lowest BCUT2D eigenvalue weighted by Crippen LogP contribution is -2.10. The highest BCUT2D eigenvalue weighted by atomic mass is 35.7. The van der Waals surface area contributed by atoms with Crippen LogP contribution in [0.25, 0.3) is 0 Å². The molecule has 0 unspecified atom stereocenters. The lowest BCUT2D eigenvalue weighted by atomic mass is 10.2. The minimum atomic E-state index is -4.36. The molecular formula is C9H8ClF2NO5S. The molecule has 0 atom stereocenters. The van der Waals surface area contributed by atoms with Crippen LogP contribution in [-0.2, 0) is 9.05 Å². The lowest BCUT2D eigenvalue weighted by Gasteiger charge is -2.12. The molecule has 10 heteroatoms. The van der Waals surface area contributed by atoms with Crippen molar-refractivity contribution in [1.29, 1.82) is 0 Å². The van der Waals surface area contributed by atoms with Gasteiger partial charge in [-0.2, -0.15) is 0 Å². The van der Waals surface area contributed by atoms with Crippen LogP contribution >= 0.6 is 10.7 Å². The summed E-state index contributed by atoms with van der Waals surface area (Å²) in [4.78, 5) is 9.09. The molecule has 1 aromatic rings. The summed E-state index contributed by atoms with van der Waals surface area (Å²) in [5.41, 5.74) is -0.504. The van der Waals surface area contributed by atoms with Gasteiger partial charge in [0.05, 0.1) is 4.92 Å². The molecule has 0 aliphatic carbocycles. The van der Waals surface area contributed by atoms with Gasteiger partial charge in [0.15, 0.2) is 0 Å². The Labute approximate surface area is 111 Å². The van der Waals surface area contributed by atoms with Gasteiger partial charge in [0.25, 0.3) is 21.2 Å². The van der Waals surface area contributed by atoms with Crippen molar-refractivity contribution in [2.75, 3.05) is 6.61 Å². The first kappa shape index (κ1) is 15.6. The highest BCUT2D eigenvalue weighted by Crippen LogP contribution is 2.34. The van der Waals surface area contributed by atoms with Crippen LogP contribution in [0.4, 0.5) is 14.5 Å². The van der Waals surface area contributed by atoms with Crippen molar-refractivity contribution in [2.45, 2.75) is 18.2 Å². The number of ether oxygens (including phenoxy) is 1. The molecular weight excluding hydrogens is 308 g/mol. The number of nitrogens with zero attached hydrogens (tertiary/aromatic N) is 1. The Morgan fingerprint density at radius 2 is 2.05 bits per heavy atom. The molecule has 6 nitrogen and oxygen atoms in total. The zero-order valence-electron chi connectivity index (χ0n) is 9.47. The molecule has 0 bridgehead atoms. The Morgan fingerprint density at radius 3 is 2.47 bits per heavy atom. The number of non-ortho nitro benzene ring substituents is 1. The zero-order valence-corrected chi connectivity index (χ0v) is 11.0. The molecule has 1 rings (SSSR count). The number of benzene rings is 1. The number of nitro benzene ring substituents is 1. The van der Waals surface area contributed by atoms with Gasteiger partial charge in [-0.1, -0.05) is 0 Å². The molecule has 0 N–H and O–H groups in total. The van der Waals surface area contributed by atoms with Crippen molar-refractivity contribution < 1.29 is 26.9 Å². The molecule has 0 spiro atoms. The minimum Gasteiger partial charge on any atom is -0.486 e. The van der Waals surface area contributed by atoms with Gasteiger partial charge < -0.3 is 4.74 Å². The maximum Gasteiger partial charge on any atom is 0.272 e. The molecule has 0 amide bonds. The number of alkyl halides is 2. The van der Waals surface area contributed by atoms with Gasteiger partial charge in [-0.15, -0.1) is 0 Å². The molecule has 0 aliphatic rings. The fourth-order valence-electron chi connectivity index (χ4n) is 1.34. The van der Waals surface area contributed by atoms with E-state index in [9.17, 15) is 27.3 Å². The molecule has 0 fully saturated rings. The molecule has 106 valence electrons. The summed E-state index contributed by atoms with van der Waals surface area (Å²) in [5.74, 6) is -0.416. The Bertz CT molecular complexity index is 605. The van der Waals surface area contributed by atoms with E-state index in [2.05, 4.69) is 4.74 Å². The second-order valence-corrected chi connectivity index (χ2v) is 6.02. The van der Waals surface area contributed by atoms with E-state index in [0.717, 1.165) is 6.07 Å². The summed E-state index contributed by atoms with van der Waals surface area (Å²) in [6.07, 6.45) is -2.82. The Hall–Kier alpha value is -1.48. The van der Waals surface area contributed by atoms with E-state index in [1.54, 1.807) is 0 Å². The molecule has 0 saturated carbocycles. The summed E-state index contributed by atoms with van der Waals surface area (Å²) >= 11 is 0. The number of nitro groups is 1. The fraction of sp³-hybridized carbons (Fsp3) is 0.333. The Kier molecular flexibility index (Phi) is 4.64. The highest BCUT2D eigenvalue weighted by molar-refractivity contribution is 8.13. The van der Waals surface area contributed by atoms with E-state index in [1.807, 2.05) is 0 Å². The van der Waals surface area contributed by atoms with Crippen LogP contribution in [0, 0.1) is 17.0 Å². The molecule has 19 heavy (non-hydrogen) atoms. The number of halogens is 3. The lowest BCUT2D eigenvalue weighted by molar-refractivity contribution is -0.385. The first-order chi connectivity index (χ1) is 8.62. The van der Waals surface area contributed by atoms with Gasteiger partial charge in [0.1, 0.15) is 17.3 Å². The maximum absolute atomic E-state index is 12.1. The molecule has 0 heterocycles. The third-order valence-corrected chi connectivity index (χ3v) is 3.38. The average molecular weight is 316 g/mol. The topological polar surface area (TPSA) is 86.5 Å². The largest absolute Gasteiger partial charge is 0.486 e. The van der Waals surface area contributed by atoms with Gasteiger partial charge >= 0.3 is 0 Å². The van der Waals surface area contributed by atoms with Crippen LogP contribution in [0.2, 0.25) is 0 Å². The number of hydrogen-bond acceptors (Lipinski definition) is 5. The molecule has 0 aliphatic heterocycles. The van der Waals surface area contributed by atoms with Crippen molar-refractivity contribution in [3.8, 4) is 5.75 Å². The monoisotopic (exact) mass is 315 g/mol. The van der Waals surface area contributed by atoms with Gasteiger partial charge in [-0.25, -0.2) is 17.2 Å². The second kappa shape index (κ2) is 5.66. The van der Waals surface area contributed by atoms with E-state index in [-0.39, 0.29) is 5.56 Å². The number of aryl methyl sites for hydroxylation is 1. The van der Waals surface area contributed by atoms with E-state index in [1.165, 1.54) is 6.92 Å². The van der Waals surface area contributed by atoms with Crippen LogP contribution in [0.5, 0.6) is 5.75 Å². The third-order valence-electron chi connectivity index (χ3n) is 2.05. The predicted octanol–water partition coefficient (Wildman–Crippen LogP) is 2.47. The first-order valence-electron chi connectivity index (χ1n) is 4.77. The van der Waals surface area contributed by atoms with E-state index >= 15 is 0 Å². The Morgan fingerprint density at radius 1 is 1.47 bits per heavy atom. The molecule has 0 saturated heterocycles. The van der Waals surface area contributed by atoms with Gasteiger partial charge in [0.2, 0.25) is 0 Å². The van der Waals surface area contributed by atoms with Gasteiger partial charge in [-0.3, -0.25) is 10.1 Å². The standard InChI is InChI=1S/C9H8ClF2NO5S/c1-5-2-6(13(14)15)3-7(19(10,16)17)9(5)18-4-8(11)12/h2-3,8H,4H2,1H3. The molecule has 0 radical (unpaired) electrons. The Balaban J connectivity index is 3.40. The molecule has 0 aromatic heterocycles. The van der Waals surface area contributed by atoms with E-state index in [4.69, 9.17) is 10.7 Å². The van der Waals surface area contributed by atoms with Crippen LogP contribution in [-0.4, -0.2) is 26.4 Å². The maximum atomic E-state index is 12.1. The van der Waals surface area contributed by atoms with Crippen molar-refractivity contribution in [2.24, 2.45) is 0 Å². The number of rotatable bonds is 5. The average Bonchev–Trinajstić information content (AvgIpc) is 2.24. The van der Waals surface area contributed by atoms with Gasteiger partial charge in [-0.05, 0) is 12.5 Å². The van der Waals surface area contributed by atoms with Crippen molar-refractivity contribution >= 4 is 25.4 Å². The fourth-order valence-corrected chi connectivity index (χ4v) is 2.39. The summed E-state index contributed by atoms with van der Waals surface area (Å²) in [5, 5.41) is 10.6. The van der Waals surface area contributed by atoms with Crippen LogP contribution in [0.1, 0.15) is 5.56 Å². The summed E-state index contributed by atoms with van der Waals surface area (Å²) in [7, 11) is 0.748. The summed E-state index contributed by atoms with van der Waals surface area (Å²) in [6.45, 7) is 0.247. The van der Waals surface area contributed by atoms with Crippen molar-refractivity contribution in [3.63, 3.8) is 0 Å². The summed E-state index contributed by atoms with van der Waals surface area (Å²) < 4.78 is 51.4. The van der Waals surface area contributed by atoms with Crippen molar-refractivity contribution in [1.82, 2.24) is 0 Å². The zero-order chi connectivity index (χ0) is 14.8. The van der Waals surface area contributed by atoms with Crippen LogP contribution in [0.3, 0.4) is 0 Å². The second-order valence-electron chi connectivity index (χ2n) is 3.49. The third kappa shape index (κ3) is 4.00.